The summed E-state index contributed by atoms with van der Waals surface area (Å²) in [6.45, 7) is 9.47. The second-order valence-corrected chi connectivity index (χ2v) is 14.0. The fraction of sp³-hybridized carbons (Fsp3) is 0.526. The lowest BCUT2D eigenvalue weighted by Gasteiger charge is -2.21. The van der Waals surface area contributed by atoms with Crippen LogP contribution in [0.25, 0.3) is 0 Å². The SMILES string of the molecule is C[n+]1ccn(C2CCN(c3ccc(N)c(CC[Si](C)(C)C)c3)C2)c1. The molecule has 0 aliphatic carbocycles. The van der Waals surface area contributed by atoms with Crippen LogP contribution in [0.1, 0.15) is 18.0 Å². The monoisotopic (exact) mass is 343 g/mol. The van der Waals surface area contributed by atoms with Crippen LogP contribution in [0.3, 0.4) is 0 Å². The molecular weight excluding hydrogens is 312 g/mol. The first-order valence-corrected chi connectivity index (χ1v) is 12.7. The highest BCUT2D eigenvalue weighted by Gasteiger charge is 2.27. The Morgan fingerprint density at radius 3 is 2.75 bits per heavy atom. The van der Waals surface area contributed by atoms with E-state index in [1.54, 1.807) is 0 Å². The van der Waals surface area contributed by atoms with Gasteiger partial charge in [-0.2, -0.15) is 0 Å². The average Bonchev–Trinajstić information content (AvgIpc) is 3.14. The molecule has 0 amide bonds. The summed E-state index contributed by atoms with van der Waals surface area (Å²) in [5.74, 6) is 0. The van der Waals surface area contributed by atoms with Crippen molar-refractivity contribution in [1.82, 2.24) is 4.57 Å². The number of anilines is 2. The van der Waals surface area contributed by atoms with Gasteiger partial charge in [-0.25, -0.2) is 9.13 Å². The minimum Gasteiger partial charge on any atom is -0.399 e. The molecule has 3 rings (SSSR count). The molecule has 0 saturated carbocycles. The van der Waals surface area contributed by atoms with Crippen molar-refractivity contribution < 1.29 is 4.57 Å². The first-order chi connectivity index (χ1) is 11.3. The van der Waals surface area contributed by atoms with E-state index in [0.717, 1.165) is 25.2 Å². The van der Waals surface area contributed by atoms with Gasteiger partial charge in [0.1, 0.15) is 18.4 Å². The number of aromatic nitrogens is 2. The van der Waals surface area contributed by atoms with Gasteiger partial charge in [-0.05, 0) is 30.2 Å². The van der Waals surface area contributed by atoms with Gasteiger partial charge in [0.05, 0.1) is 13.6 Å². The summed E-state index contributed by atoms with van der Waals surface area (Å²) < 4.78 is 4.45. The standard InChI is InChI=1S/C19H31N4Si/c1-21-10-11-23(15-21)18-7-9-22(14-18)17-5-6-19(20)16(13-17)8-12-24(2,3)4/h5-6,10-11,13,15,18H,7-9,12,14,20H2,1-4H3/q+1. The van der Waals surface area contributed by atoms with E-state index in [2.05, 4.69) is 77.6 Å². The van der Waals surface area contributed by atoms with Gasteiger partial charge in [0.15, 0.2) is 0 Å². The zero-order valence-electron chi connectivity index (χ0n) is 15.5. The number of imidazole rings is 1. The van der Waals surface area contributed by atoms with Gasteiger partial charge >= 0.3 is 0 Å². The number of aryl methyl sites for hydroxylation is 2. The summed E-state index contributed by atoms with van der Waals surface area (Å²) in [6, 6.07) is 8.47. The number of rotatable bonds is 5. The van der Waals surface area contributed by atoms with Crippen LogP contribution in [0.15, 0.2) is 36.9 Å². The van der Waals surface area contributed by atoms with Gasteiger partial charge in [0.2, 0.25) is 6.33 Å². The predicted molar refractivity (Wildman–Crippen MR) is 104 cm³/mol. The van der Waals surface area contributed by atoms with E-state index >= 15 is 0 Å². The molecule has 1 saturated heterocycles. The van der Waals surface area contributed by atoms with Crippen LogP contribution in [-0.4, -0.2) is 25.7 Å². The van der Waals surface area contributed by atoms with Crippen molar-refractivity contribution in [3.8, 4) is 0 Å². The van der Waals surface area contributed by atoms with Crippen molar-refractivity contribution in [1.29, 1.82) is 0 Å². The van der Waals surface area contributed by atoms with Crippen LogP contribution < -0.4 is 15.2 Å². The molecule has 2 aromatic rings. The lowest BCUT2D eigenvalue weighted by molar-refractivity contribution is -0.671. The Balaban J connectivity index is 1.71. The normalized spacial score (nSPS) is 18.3. The Labute approximate surface area is 146 Å². The minimum absolute atomic E-state index is 0.564. The minimum atomic E-state index is -1.04. The molecular formula is C19H31N4Si+. The Morgan fingerprint density at radius 1 is 1.29 bits per heavy atom. The number of nitrogen functional groups attached to an aromatic ring is 1. The molecule has 2 heterocycles. The van der Waals surface area contributed by atoms with E-state index in [9.17, 15) is 0 Å². The van der Waals surface area contributed by atoms with Gasteiger partial charge in [-0.1, -0.05) is 25.7 Å². The molecule has 1 aliphatic heterocycles. The lowest BCUT2D eigenvalue weighted by Crippen LogP contribution is -2.25. The summed E-state index contributed by atoms with van der Waals surface area (Å²) in [6.07, 6.45) is 8.77. The fourth-order valence-electron chi connectivity index (χ4n) is 3.42. The smallest absolute Gasteiger partial charge is 0.243 e. The quantitative estimate of drug-likeness (QED) is 0.514. The Morgan fingerprint density at radius 2 is 2.08 bits per heavy atom. The maximum absolute atomic E-state index is 6.23. The summed E-state index contributed by atoms with van der Waals surface area (Å²) in [5, 5.41) is 0. The third-order valence-corrected chi connectivity index (χ3v) is 6.76. The zero-order chi connectivity index (χ0) is 17.3. The summed E-state index contributed by atoms with van der Waals surface area (Å²) in [7, 11) is 1.04. The molecule has 0 spiro atoms. The third-order valence-electron chi connectivity index (χ3n) is 5.01. The molecule has 130 valence electrons. The van der Waals surface area contributed by atoms with Gasteiger partial charge in [0.25, 0.3) is 0 Å². The molecule has 4 nitrogen and oxygen atoms in total. The van der Waals surface area contributed by atoms with Crippen molar-refractivity contribution >= 4 is 19.4 Å². The molecule has 1 atom stereocenters. The lowest BCUT2D eigenvalue weighted by atomic mass is 10.1. The van der Waals surface area contributed by atoms with E-state index in [-0.39, 0.29) is 0 Å². The fourth-order valence-corrected chi connectivity index (χ4v) is 4.44. The summed E-state index contributed by atoms with van der Waals surface area (Å²) >= 11 is 0. The molecule has 1 fully saturated rings. The van der Waals surface area contributed by atoms with Crippen LogP contribution in [-0.2, 0) is 13.5 Å². The van der Waals surface area contributed by atoms with Gasteiger partial charge in [-0.15, -0.1) is 0 Å². The molecule has 1 aliphatic rings. The van der Waals surface area contributed by atoms with Gasteiger partial charge in [0, 0.05) is 32.4 Å². The first-order valence-electron chi connectivity index (χ1n) is 8.98. The highest BCUT2D eigenvalue weighted by molar-refractivity contribution is 6.76. The molecule has 0 radical (unpaired) electrons. The van der Waals surface area contributed by atoms with E-state index in [1.165, 1.54) is 23.7 Å². The van der Waals surface area contributed by atoms with Crippen LogP contribution in [0.5, 0.6) is 0 Å². The largest absolute Gasteiger partial charge is 0.399 e. The van der Waals surface area contributed by atoms with E-state index in [4.69, 9.17) is 5.73 Å². The Bertz CT molecular complexity index is 702. The second kappa shape index (κ2) is 6.63. The summed E-state index contributed by atoms with van der Waals surface area (Å²) in [5.41, 5.74) is 9.83. The molecule has 0 bridgehead atoms. The zero-order valence-corrected chi connectivity index (χ0v) is 16.5. The van der Waals surface area contributed by atoms with E-state index in [0.29, 0.717) is 6.04 Å². The van der Waals surface area contributed by atoms with Crippen molar-refractivity contribution in [2.45, 2.75) is 44.6 Å². The predicted octanol–water partition coefficient (Wildman–Crippen LogP) is 3.23. The summed E-state index contributed by atoms with van der Waals surface area (Å²) in [4.78, 5) is 2.50. The van der Waals surface area contributed by atoms with E-state index in [1.807, 2.05) is 0 Å². The van der Waals surface area contributed by atoms with Crippen molar-refractivity contribution in [3.05, 3.63) is 42.5 Å². The molecule has 5 heteroatoms. The highest BCUT2D eigenvalue weighted by atomic mass is 28.3. The molecule has 2 N–H and O–H groups in total. The van der Waals surface area contributed by atoms with Crippen molar-refractivity contribution in [3.63, 3.8) is 0 Å². The van der Waals surface area contributed by atoms with Crippen molar-refractivity contribution in [2.24, 2.45) is 7.05 Å². The second-order valence-electron chi connectivity index (χ2n) is 8.36. The Hall–Kier alpha value is -1.75. The average molecular weight is 344 g/mol. The first kappa shape index (κ1) is 17.1. The third kappa shape index (κ3) is 4.01. The number of hydrogen-bond donors (Lipinski definition) is 1. The van der Waals surface area contributed by atoms with Crippen LogP contribution in [0, 0.1) is 0 Å². The molecule has 24 heavy (non-hydrogen) atoms. The molecule has 1 unspecified atom stereocenters. The number of benzene rings is 1. The number of hydrogen-bond acceptors (Lipinski definition) is 2. The topological polar surface area (TPSA) is 38.1 Å². The molecule has 1 aromatic carbocycles. The van der Waals surface area contributed by atoms with Gasteiger partial charge in [-0.3, -0.25) is 0 Å². The molecule has 1 aromatic heterocycles. The highest BCUT2D eigenvalue weighted by Crippen LogP contribution is 2.30. The number of nitrogens with zero attached hydrogens (tertiary/aromatic N) is 3. The maximum atomic E-state index is 6.23. The van der Waals surface area contributed by atoms with Crippen LogP contribution in [0.4, 0.5) is 11.4 Å². The van der Waals surface area contributed by atoms with Crippen LogP contribution >= 0.6 is 0 Å². The van der Waals surface area contributed by atoms with Gasteiger partial charge < -0.3 is 10.6 Å². The Kier molecular flexibility index (Phi) is 4.72. The maximum Gasteiger partial charge on any atom is 0.243 e. The number of nitrogens with two attached hydrogens (primary N) is 1. The van der Waals surface area contributed by atoms with Crippen LogP contribution in [0.2, 0.25) is 25.7 Å². The van der Waals surface area contributed by atoms with Crippen molar-refractivity contribution in [2.75, 3.05) is 23.7 Å². The van der Waals surface area contributed by atoms with E-state index < -0.39 is 8.07 Å².